The quantitative estimate of drug-likeness (QED) is 0.802. The molecule has 4 heteroatoms. The first-order valence-electron chi connectivity index (χ1n) is 8.19. The number of rotatable bonds is 7. The van der Waals surface area contributed by atoms with Gasteiger partial charge < -0.3 is 15.3 Å². The molecule has 1 saturated heterocycles. The van der Waals surface area contributed by atoms with Crippen LogP contribution in [-0.4, -0.2) is 60.7 Å². The standard InChI is InChI=1S/C17H29N3O/c1-3-19(4-2)14-16-13-15(5-6-17(16)21)7-10-20-11-8-18-9-12-20/h5-6,13,18,21H,3-4,7-12,14H2,1-2H3. The molecule has 4 nitrogen and oxygen atoms in total. The summed E-state index contributed by atoms with van der Waals surface area (Å²) in [6.07, 6.45) is 1.06. The molecule has 2 rings (SSSR count). The lowest BCUT2D eigenvalue weighted by Crippen LogP contribution is -2.44. The number of piperazine rings is 1. The Morgan fingerprint density at radius 2 is 1.90 bits per heavy atom. The molecule has 2 N–H and O–H groups in total. The average Bonchev–Trinajstić information content (AvgIpc) is 2.53. The van der Waals surface area contributed by atoms with Crippen LogP contribution in [0.3, 0.4) is 0 Å². The molecule has 0 saturated carbocycles. The fraction of sp³-hybridized carbons (Fsp3) is 0.647. The Morgan fingerprint density at radius 1 is 1.19 bits per heavy atom. The maximum Gasteiger partial charge on any atom is 0.120 e. The van der Waals surface area contributed by atoms with Crippen LogP contribution in [0.2, 0.25) is 0 Å². The Balaban J connectivity index is 1.93. The van der Waals surface area contributed by atoms with Crippen LogP contribution in [0.5, 0.6) is 5.75 Å². The van der Waals surface area contributed by atoms with Crippen molar-refractivity contribution < 1.29 is 5.11 Å². The molecular weight excluding hydrogens is 262 g/mol. The van der Waals surface area contributed by atoms with E-state index in [0.717, 1.165) is 64.3 Å². The normalized spacial score (nSPS) is 16.5. The Labute approximate surface area is 128 Å². The van der Waals surface area contributed by atoms with E-state index >= 15 is 0 Å². The molecule has 0 radical (unpaired) electrons. The van der Waals surface area contributed by atoms with Crippen molar-refractivity contribution in [1.29, 1.82) is 0 Å². The van der Waals surface area contributed by atoms with Gasteiger partial charge in [0.05, 0.1) is 0 Å². The predicted molar refractivity (Wildman–Crippen MR) is 87.7 cm³/mol. The van der Waals surface area contributed by atoms with Crippen molar-refractivity contribution in [3.8, 4) is 5.75 Å². The summed E-state index contributed by atoms with van der Waals surface area (Å²) in [4.78, 5) is 4.84. The van der Waals surface area contributed by atoms with E-state index in [1.807, 2.05) is 6.07 Å². The maximum atomic E-state index is 10.0. The molecule has 1 aromatic carbocycles. The lowest BCUT2D eigenvalue weighted by atomic mass is 10.1. The second-order valence-electron chi connectivity index (χ2n) is 5.77. The zero-order valence-corrected chi connectivity index (χ0v) is 13.4. The Kier molecular flexibility index (Phi) is 6.49. The molecular formula is C17H29N3O. The van der Waals surface area contributed by atoms with Gasteiger partial charge in [0.25, 0.3) is 0 Å². The van der Waals surface area contributed by atoms with E-state index < -0.39 is 0 Å². The largest absolute Gasteiger partial charge is 0.508 e. The van der Waals surface area contributed by atoms with Crippen LogP contribution in [0.4, 0.5) is 0 Å². The van der Waals surface area contributed by atoms with E-state index in [9.17, 15) is 5.11 Å². The zero-order valence-electron chi connectivity index (χ0n) is 13.4. The van der Waals surface area contributed by atoms with E-state index in [0.29, 0.717) is 5.75 Å². The molecule has 0 atom stereocenters. The molecule has 1 fully saturated rings. The third kappa shape index (κ3) is 4.99. The number of hydrogen-bond donors (Lipinski definition) is 2. The summed E-state index contributed by atoms with van der Waals surface area (Å²) >= 11 is 0. The van der Waals surface area contributed by atoms with Crippen molar-refractivity contribution in [2.75, 3.05) is 45.8 Å². The first kappa shape index (κ1) is 16.3. The van der Waals surface area contributed by atoms with Crippen molar-refractivity contribution in [3.05, 3.63) is 29.3 Å². The summed E-state index contributed by atoms with van der Waals surface area (Å²) in [5.41, 5.74) is 2.38. The van der Waals surface area contributed by atoms with E-state index in [1.165, 1.54) is 5.56 Å². The first-order valence-corrected chi connectivity index (χ1v) is 8.19. The minimum absolute atomic E-state index is 0.424. The molecule has 0 unspecified atom stereocenters. The Morgan fingerprint density at radius 3 is 2.57 bits per heavy atom. The van der Waals surface area contributed by atoms with Crippen LogP contribution in [0.25, 0.3) is 0 Å². The number of phenols is 1. The van der Waals surface area contributed by atoms with Gasteiger partial charge in [-0.15, -0.1) is 0 Å². The smallest absolute Gasteiger partial charge is 0.120 e. The third-order valence-electron chi connectivity index (χ3n) is 4.36. The van der Waals surface area contributed by atoms with Crippen LogP contribution in [0.1, 0.15) is 25.0 Å². The molecule has 0 aliphatic carbocycles. The number of benzene rings is 1. The van der Waals surface area contributed by atoms with Gasteiger partial charge in [0.2, 0.25) is 0 Å². The molecule has 21 heavy (non-hydrogen) atoms. The van der Waals surface area contributed by atoms with Crippen LogP contribution >= 0.6 is 0 Å². The summed E-state index contributed by atoms with van der Waals surface area (Å²) in [6.45, 7) is 12.8. The number of hydrogen-bond acceptors (Lipinski definition) is 4. The summed E-state index contributed by atoms with van der Waals surface area (Å²) in [7, 11) is 0. The topological polar surface area (TPSA) is 38.7 Å². The van der Waals surface area contributed by atoms with Gasteiger partial charge in [-0.3, -0.25) is 4.90 Å². The number of aromatic hydroxyl groups is 1. The van der Waals surface area contributed by atoms with Crippen molar-refractivity contribution in [1.82, 2.24) is 15.1 Å². The van der Waals surface area contributed by atoms with Crippen LogP contribution in [0.15, 0.2) is 18.2 Å². The van der Waals surface area contributed by atoms with Gasteiger partial charge in [0.1, 0.15) is 5.75 Å². The van der Waals surface area contributed by atoms with Crippen molar-refractivity contribution in [3.63, 3.8) is 0 Å². The molecule has 0 aromatic heterocycles. The van der Waals surface area contributed by atoms with Gasteiger partial charge in [-0.1, -0.05) is 26.0 Å². The highest BCUT2D eigenvalue weighted by Gasteiger charge is 2.11. The summed E-state index contributed by atoms with van der Waals surface area (Å²) in [6, 6.07) is 6.09. The molecule has 118 valence electrons. The summed E-state index contributed by atoms with van der Waals surface area (Å²) in [5, 5.41) is 13.4. The average molecular weight is 291 g/mol. The maximum absolute atomic E-state index is 10.0. The number of phenolic OH excluding ortho intramolecular Hbond substituents is 1. The van der Waals surface area contributed by atoms with Crippen LogP contribution in [-0.2, 0) is 13.0 Å². The second-order valence-corrected chi connectivity index (χ2v) is 5.77. The van der Waals surface area contributed by atoms with Gasteiger partial charge in [0.15, 0.2) is 0 Å². The monoisotopic (exact) mass is 291 g/mol. The predicted octanol–water partition coefficient (Wildman–Crippen LogP) is 1.68. The first-order chi connectivity index (χ1) is 10.2. The Bertz CT molecular complexity index is 426. The fourth-order valence-electron chi connectivity index (χ4n) is 2.83. The zero-order chi connectivity index (χ0) is 15.1. The van der Waals surface area contributed by atoms with E-state index in [-0.39, 0.29) is 0 Å². The number of nitrogens with zero attached hydrogens (tertiary/aromatic N) is 2. The minimum Gasteiger partial charge on any atom is -0.508 e. The second kappa shape index (κ2) is 8.37. The highest BCUT2D eigenvalue weighted by atomic mass is 16.3. The van der Waals surface area contributed by atoms with Crippen LogP contribution in [0, 0.1) is 0 Å². The van der Waals surface area contributed by atoms with E-state index in [1.54, 1.807) is 0 Å². The van der Waals surface area contributed by atoms with E-state index in [4.69, 9.17) is 0 Å². The molecule has 1 aliphatic heterocycles. The van der Waals surface area contributed by atoms with E-state index in [2.05, 4.69) is 41.1 Å². The van der Waals surface area contributed by atoms with Crippen molar-refractivity contribution in [2.24, 2.45) is 0 Å². The summed E-state index contributed by atoms with van der Waals surface area (Å²) < 4.78 is 0. The SMILES string of the molecule is CCN(CC)Cc1cc(CCN2CCNCC2)ccc1O. The van der Waals surface area contributed by atoms with Gasteiger partial charge in [-0.05, 0) is 31.1 Å². The highest BCUT2D eigenvalue weighted by Crippen LogP contribution is 2.21. The third-order valence-corrected chi connectivity index (χ3v) is 4.36. The van der Waals surface area contributed by atoms with Gasteiger partial charge in [-0.2, -0.15) is 0 Å². The molecule has 0 amide bonds. The highest BCUT2D eigenvalue weighted by molar-refractivity contribution is 5.36. The van der Waals surface area contributed by atoms with Crippen molar-refractivity contribution >= 4 is 0 Å². The number of nitrogens with one attached hydrogen (secondary N) is 1. The van der Waals surface area contributed by atoms with Gasteiger partial charge >= 0.3 is 0 Å². The molecule has 0 spiro atoms. The fourth-order valence-corrected chi connectivity index (χ4v) is 2.83. The summed E-state index contributed by atoms with van der Waals surface area (Å²) in [5.74, 6) is 0.424. The van der Waals surface area contributed by atoms with Crippen LogP contribution < -0.4 is 5.32 Å². The lowest BCUT2D eigenvalue weighted by Gasteiger charge is -2.27. The van der Waals surface area contributed by atoms with Gasteiger partial charge in [-0.25, -0.2) is 0 Å². The molecule has 0 bridgehead atoms. The van der Waals surface area contributed by atoms with Gasteiger partial charge in [0, 0.05) is 44.8 Å². The molecule has 1 aromatic rings. The molecule has 1 heterocycles. The minimum atomic E-state index is 0.424. The molecule has 1 aliphatic rings. The van der Waals surface area contributed by atoms with Crippen molar-refractivity contribution in [2.45, 2.75) is 26.8 Å². The lowest BCUT2D eigenvalue weighted by molar-refractivity contribution is 0.244. The Hall–Kier alpha value is -1.10.